The van der Waals surface area contributed by atoms with E-state index >= 15 is 0 Å². The van der Waals surface area contributed by atoms with Crippen LogP contribution in [0.25, 0.3) is 0 Å². The molecule has 1 unspecified atom stereocenters. The lowest BCUT2D eigenvalue weighted by Gasteiger charge is -2.38. The minimum absolute atomic E-state index is 0.0496. The quantitative estimate of drug-likeness (QED) is 0.0960. The van der Waals surface area contributed by atoms with E-state index in [0.29, 0.717) is 5.75 Å². The molecule has 0 saturated heterocycles. The number of hydrogen-bond acceptors (Lipinski definition) is 6. The van der Waals surface area contributed by atoms with E-state index in [0.717, 1.165) is 30.1 Å². The van der Waals surface area contributed by atoms with Gasteiger partial charge in [0.15, 0.2) is 6.10 Å². The summed E-state index contributed by atoms with van der Waals surface area (Å²) in [5.41, 5.74) is 1.51. The summed E-state index contributed by atoms with van der Waals surface area (Å²) in [7, 11) is 0. The maximum Gasteiger partial charge on any atom is 0.335 e. The van der Waals surface area contributed by atoms with Crippen LogP contribution in [0, 0.1) is 23.7 Å². The number of aryl methyl sites for hydroxylation is 1. The van der Waals surface area contributed by atoms with Crippen molar-refractivity contribution in [3.63, 3.8) is 0 Å². The van der Waals surface area contributed by atoms with Gasteiger partial charge in [-0.25, -0.2) is 9.59 Å². The van der Waals surface area contributed by atoms with Crippen molar-refractivity contribution in [2.75, 3.05) is 19.8 Å². The number of benzene rings is 1. The summed E-state index contributed by atoms with van der Waals surface area (Å²) in [5.74, 6) is 3.10. The molecule has 2 aliphatic carbocycles. The Bertz CT molecular complexity index is 1010. The number of aliphatic hydroxyl groups is 1. The predicted octanol–water partition coefficient (Wildman–Crippen LogP) is 8.55. The third kappa shape index (κ3) is 12.8. The smallest absolute Gasteiger partial charge is 0.335 e. The van der Waals surface area contributed by atoms with E-state index in [4.69, 9.17) is 19.3 Å². The van der Waals surface area contributed by atoms with Crippen molar-refractivity contribution in [2.45, 2.75) is 123 Å². The molecule has 246 valence electrons. The van der Waals surface area contributed by atoms with Crippen LogP contribution in [0.4, 0.5) is 0 Å². The molecule has 0 bridgehead atoms. The average Bonchev–Trinajstić information content (AvgIpc) is 3.05. The second-order valence-electron chi connectivity index (χ2n) is 13.4. The molecule has 1 atom stereocenters. The third-order valence-electron chi connectivity index (χ3n) is 9.86. The molecule has 1 aromatic carbocycles. The Hall–Kier alpha value is -2.60. The number of rotatable bonds is 19. The van der Waals surface area contributed by atoms with E-state index in [9.17, 15) is 9.59 Å². The lowest BCUT2D eigenvalue weighted by atomic mass is 9.68. The van der Waals surface area contributed by atoms with Gasteiger partial charge in [-0.05, 0) is 86.8 Å². The summed E-state index contributed by atoms with van der Waals surface area (Å²) in [5, 5.41) is 9.10. The Morgan fingerprint density at radius 3 is 1.89 bits per heavy atom. The Morgan fingerprint density at radius 1 is 0.795 bits per heavy atom. The van der Waals surface area contributed by atoms with Crippen LogP contribution in [0.1, 0.15) is 116 Å². The SMILES string of the molecule is C=C(C)C(=O)OCC(COC(=O)C(=C)CO)Oc1ccc(CCC2CCC(C3CCC(CCCCCCC)CC3)CC2)cc1. The van der Waals surface area contributed by atoms with Crippen LogP contribution in [0.2, 0.25) is 0 Å². The molecule has 2 saturated carbocycles. The molecule has 0 aromatic heterocycles. The maximum atomic E-state index is 11.9. The molecule has 6 heteroatoms. The number of aliphatic hydroxyl groups excluding tert-OH is 1. The van der Waals surface area contributed by atoms with Gasteiger partial charge in [-0.3, -0.25) is 0 Å². The van der Waals surface area contributed by atoms with Gasteiger partial charge in [0, 0.05) is 5.57 Å². The standard InChI is InChI=1S/C38H58O6/c1-5-6-7-8-9-10-30-13-19-33(20-14-30)34-21-15-31(16-22-34)11-12-32-17-23-35(24-18-32)44-36(26-42-37(40)28(2)3)27-43-38(41)29(4)25-39/h17-18,23-24,30-31,33-34,36,39H,2,4-16,19-22,25-27H2,1,3H3. The number of esters is 2. The Labute approximate surface area is 266 Å². The Balaban J connectivity index is 1.37. The Morgan fingerprint density at radius 2 is 1.34 bits per heavy atom. The van der Waals surface area contributed by atoms with E-state index in [1.807, 2.05) is 12.1 Å². The molecular formula is C38H58O6. The summed E-state index contributed by atoms with van der Waals surface area (Å²) in [6.45, 7) is 10.2. The zero-order valence-electron chi connectivity index (χ0n) is 27.5. The van der Waals surface area contributed by atoms with Crippen LogP contribution < -0.4 is 4.74 Å². The fourth-order valence-electron chi connectivity index (χ4n) is 6.97. The number of carbonyl (C=O) groups is 2. The number of ether oxygens (including phenoxy) is 3. The fraction of sp³-hybridized carbons (Fsp3) is 0.684. The van der Waals surface area contributed by atoms with Crippen LogP contribution in [-0.2, 0) is 25.5 Å². The van der Waals surface area contributed by atoms with Crippen molar-refractivity contribution in [1.82, 2.24) is 0 Å². The van der Waals surface area contributed by atoms with E-state index in [1.165, 1.54) is 102 Å². The van der Waals surface area contributed by atoms with Gasteiger partial charge in [0.1, 0.15) is 19.0 Å². The van der Waals surface area contributed by atoms with Gasteiger partial charge in [-0.15, -0.1) is 0 Å². The van der Waals surface area contributed by atoms with Crippen LogP contribution in [0.15, 0.2) is 48.6 Å². The van der Waals surface area contributed by atoms with Crippen LogP contribution in [0.3, 0.4) is 0 Å². The predicted molar refractivity (Wildman–Crippen MR) is 176 cm³/mol. The first kappa shape index (κ1) is 35.9. The number of unbranched alkanes of at least 4 members (excludes halogenated alkanes) is 4. The molecule has 1 aromatic rings. The average molecular weight is 611 g/mol. The molecule has 44 heavy (non-hydrogen) atoms. The highest BCUT2D eigenvalue weighted by Gasteiger charge is 2.30. The summed E-state index contributed by atoms with van der Waals surface area (Å²) < 4.78 is 16.4. The monoisotopic (exact) mass is 610 g/mol. The number of hydrogen-bond donors (Lipinski definition) is 1. The van der Waals surface area contributed by atoms with Gasteiger partial charge < -0.3 is 19.3 Å². The van der Waals surface area contributed by atoms with Crippen LogP contribution in [-0.4, -0.2) is 43.0 Å². The van der Waals surface area contributed by atoms with Crippen molar-refractivity contribution in [3.8, 4) is 5.75 Å². The summed E-state index contributed by atoms with van der Waals surface area (Å²) >= 11 is 0. The molecule has 0 amide bonds. The first-order valence-corrected chi connectivity index (χ1v) is 17.3. The Kier molecular flexibility index (Phi) is 16.1. The van der Waals surface area contributed by atoms with Gasteiger partial charge in [0.05, 0.1) is 12.2 Å². The van der Waals surface area contributed by atoms with Gasteiger partial charge in [-0.2, -0.15) is 0 Å². The van der Waals surface area contributed by atoms with Crippen LogP contribution in [0.5, 0.6) is 5.75 Å². The highest BCUT2D eigenvalue weighted by atomic mass is 16.6. The second kappa shape index (κ2) is 19.7. The van der Waals surface area contributed by atoms with Gasteiger partial charge >= 0.3 is 11.9 Å². The molecule has 2 aliphatic rings. The highest BCUT2D eigenvalue weighted by Crippen LogP contribution is 2.43. The van der Waals surface area contributed by atoms with E-state index < -0.39 is 24.6 Å². The van der Waals surface area contributed by atoms with E-state index in [1.54, 1.807) is 6.92 Å². The summed E-state index contributed by atoms with van der Waals surface area (Å²) in [4.78, 5) is 23.8. The molecule has 0 radical (unpaired) electrons. The van der Waals surface area contributed by atoms with E-state index in [2.05, 4.69) is 32.2 Å². The minimum atomic E-state index is -0.715. The molecule has 1 N–H and O–H groups in total. The second-order valence-corrected chi connectivity index (χ2v) is 13.4. The van der Waals surface area contributed by atoms with Crippen molar-refractivity contribution in [1.29, 1.82) is 0 Å². The number of carbonyl (C=O) groups excluding carboxylic acids is 2. The topological polar surface area (TPSA) is 82.1 Å². The highest BCUT2D eigenvalue weighted by molar-refractivity contribution is 5.88. The first-order chi connectivity index (χ1) is 21.3. The minimum Gasteiger partial charge on any atom is -0.483 e. The maximum absolute atomic E-state index is 11.9. The third-order valence-corrected chi connectivity index (χ3v) is 9.86. The summed E-state index contributed by atoms with van der Waals surface area (Å²) in [6.07, 6.45) is 21.6. The van der Waals surface area contributed by atoms with Gasteiger partial charge in [-0.1, -0.05) is 96.4 Å². The van der Waals surface area contributed by atoms with Crippen molar-refractivity contribution in [3.05, 3.63) is 54.1 Å². The summed E-state index contributed by atoms with van der Waals surface area (Å²) in [6, 6.07) is 7.99. The normalized spacial score (nSPS) is 22.5. The zero-order chi connectivity index (χ0) is 31.7. The molecule has 0 aliphatic heterocycles. The van der Waals surface area contributed by atoms with Gasteiger partial charge in [0.25, 0.3) is 0 Å². The first-order valence-electron chi connectivity index (χ1n) is 17.3. The largest absolute Gasteiger partial charge is 0.483 e. The zero-order valence-corrected chi connectivity index (χ0v) is 27.5. The van der Waals surface area contributed by atoms with Crippen molar-refractivity contribution >= 4 is 11.9 Å². The molecular weight excluding hydrogens is 552 g/mol. The molecule has 3 rings (SSSR count). The van der Waals surface area contributed by atoms with Gasteiger partial charge in [0.2, 0.25) is 0 Å². The molecule has 2 fully saturated rings. The van der Waals surface area contributed by atoms with Crippen LogP contribution >= 0.6 is 0 Å². The lowest BCUT2D eigenvalue weighted by molar-refractivity contribution is -0.146. The van der Waals surface area contributed by atoms with E-state index in [-0.39, 0.29) is 24.4 Å². The molecule has 6 nitrogen and oxygen atoms in total. The lowest BCUT2D eigenvalue weighted by Crippen LogP contribution is -2.31. The fourth-order valence-corrected chi connectivity index (χ4v) is 6.97. The van der Waals surface area contributed by atoms with Crippen molar-refractivity contribution < 1.29 is 28.9 Å². The molecule has 0 spiro atoms. The molecule has 0 heterocycles. The van der Waals surface area contributed by atoms with Crippen molar-refractivity contribution in [2.24, 2.45) is 23.7 Å².